The molecule has 2 unspecified atom stereocenters. The van der Waals surface area contributed by atoms with E-state index < -0.39 is 0 Å². The van der Waals surface area contributed by atoms with E-state index in [-0.39, 0.29) is 0 Å². The van der Waals surface area contributed by atoms with E-state index in [1.54, 1.807) is 0 Å². The molecule has 2 N–H and O–H groups in total. The van der Waals surface area contributed by atoms with Crippen molar-refractivity contribution in [3.05, 3.63) is 0 Å². The maximum atomic E-state index is 6.04. The minimum absolute atomic E-state index is 0.322. The monoisotopic (exact) mass is 183 g/mol. The minimum atomic E-state index is 0.322. The Bertz CT molecular complexity index is 152. The van der Waals surface area contributed by atoms with Gasteiger partial charge in [0.2, 0.25) is 0 Å². The first kappa shape index (κ1) is 9.47. The molecule has 0 aromatic rings. The molecule has 2 fully saturated rings. The molecule has 0 radical (unpaired) electrons. The van der Waals surface area contributed by atoms with Crippen molar-refractivity contribution in [3.63, 3.8) is 0 Å². The number of hydrogen-bond acceptors (Lipinski definition) is 2. The highest BCUT2D eigenvalue weighted by molar-refractivity contribution is 4.84. The highest BCUT2D eigenvalue weighted by Crippen LogP contribution is 2.32. The molecule has 1 aliphatic carbocycles. The fourth-order valence-electron chi connectivity index (χ4n) is 2.81. The van der Waals surface area contributed by atoms with E-state index in [1.165, 1.54) is 38.5 Å². The summed E-state index contributed by atoms with van der Waals surface area (Å²) in [6.07, 6.45) is 8.46. The molecule has 1 saturated heterocycles. The highest BCUT2D eigenvalue weighted by Gasteiger charge is 2.32. The molecule has 13 heavy (non-hydrogen) atoms. The second kappa shape index (κ2) is 4.43. The van der Waals surface area contributed by atoms with Crippen molar-refractivity contribution in [1.82, 2.24) is 0 Å². The van der Waals surface area contributed by atoms with Gasteiger partial charge in [-0.05, 0) is 5.92 Å². The van der Waals surface area contributed by atoms with Gasteiger partial charge in [0.05, 0.1) is 13.2 Å². The second-order valence-corrected chi connectivity index (χ2v) is 4.62. The predicted octanol–water partition coefficient (Wildman–Crippen LogP) is 1.93. The Morgan fingerprint density at radius 3 is 2.15 bits per heavy atom. The van der Waals surface area contributed by atoms with E-state index >= 15 is 0 Å². The van der Waals surface area contributed by atoms with Gasteiger partial charge in [0.15, 0.2) is 0 Å². The summed E-state index contributed by atoms with van der Waals surface area (Å²) in [5.74, 6) is 1.53. The molecular formula is C11H21NO. The molecular weight excluding hydrogens is 162 g/mol. The van der Waals surface area contributed by atoms with Crippen molar-refractivity contribution < 1.29 is 4.74 Å². The summed E-state index contributed by atoms with van der Waals surface area (Å²) in [7, 11) is 0. The molecule has 0 bridgehead atoms. The Kier molecular flexibility index (Phi) is 3.23. The van der Waals surface area contributed by atoms with Crippen LogP contribution in [-0.4, -0.2) is 19.3 Å². The third-order valence-electron chi connectivity index (χ3n) is 3.68. The lowest BCUT2D eigenvalue weighted by Crippen LogP contribution is -2.33. The van der Waals surface area contributed by atoms with Gasteiger partial charge >= 0.3 is 0 Å². The maximum absolute atomic E-state index is 6.04. The van der Waals surface area contributed by atoms with E-state index in [1.807, 2.05) is 0 Å². The van der Waals surface area contributed by atoms with E-state index in [9.17, 15) is 0 Å². The fourth-order valence-corrected chi connectivity index (χ4v) is 2.81. The number of rotatable bonds is 1. The van der Waals surface area contributed by atoms with Crippen molar-refractivity contribution in [3.8, 4) is 0 Å². The summed E-state index contributed by atoms with van der Waals surface area (Å²) in [4.78, 5) is 0. The van der Waals surface area contributed by atoms with E-state index in [2.05, 4.69) is 0 Å². The van der Waals surface area contributed by atoms with Crippen LogP contribution in [0.2, 0.25) is 0 Å². The number of nitrogens with two attached hydrogens (primary N) is 1. The van der Waals surface area contributed by atoms with Gasteiger partial charge in [0.25, 0.3) is 0 Å². The van der Waals surface area contributed by atoms with Gasteiger partial charge in [-0.2, -0.15) is 0 Å². The van der Waals surface area contributed by atoms with Crippen molar-refractivity contribution >= 4 is 0 Å². The smallest absolute Gasteiger partial charge is 0.0621 e. The Morgan fingerprint density at radius 2 is 1.62 bits per heavy atom. The van der Waals surface area contributed by atoms with Crippen LogP contribution in [0.25, 0.3) is 0 Å². The van der Waals surface area contributed by atoms with Crippen LogP contribution >= 0.6 is 0 Å². The summed E-state index contributed by atoms with van der Waals surface area (Å²) in [5.41, 5.74) is 6.04. The Morgan fingerprint density at radius 1 is 0.923 bits per heavy atom. The summed E-state index contributed by atoms with van der Waals surface area (Å²) in [6.45, 7) is 1.72. The van der Waals surface area contributed by atoms with E-state index in [0.29, 0.717) is 12.0 Å². The lowest BCUT2D eigenvalue weighted by molar-refractivity contribution is 0.167. The minimum Gasteiger partial charge on any atom is -0.379 e. The zero-order chi connectivity index (χ0) is 9.10. The topological polar surface area (TPSA) is 35.2 Å². The molecule has 0 spiro atoms. The lowest BCUT2D eigenvalue weighted by Gasteiger charge is -2.23. The maximum Gasteiger partial charge on any atom is 0.0621 e. The third kappa shape index (κ3) is 2.23. The zero-order valence-electron chi connectivity index (χ0n) is 8.37. The van der Waals surface area contributed by atoms with Gasteiger partial charge in [-0.15, -0.1) is 0 Å². The molecule has 0 amide bonds. The second-order valence-electron chi connectivity index (χ2n) is 4.62. The molecule has 2 rings (SSSR count). The van der Waals surface area contributed by atoms with Gasteiger partial charge < -0.3 is 10.5 Å². The van der Waals surface area contributed by atoms with E-state index in [0.717, 1.165) is 19.1 Å². The van der Waals surface area contributed by atoms with Crippen LogP contribution in [0.4, 0.5) is 0 Å². The molecule has 2 atom stereocenters. The van der Waals surface area contributed by atoms with Gasteiger partial charge in [0, 0.05) is 12.0 Å². The van der Waals surface area contributed by atoms with Gasteiger partial charge in [-0.3, -0.25) is 0 Å². The molecule has 0 aromatic carbocycles. The average molecular weight is 183 g/mol. The van der Waals surface area contributed by atoms with Crippen LogP contribution < -0.4 is 5.73 Å². The Hall–Kier alpha value is -0.0800. The van der Waals surface area contributed by atoms with Crippen LogP contribution in [0, 0.1) is 11.8 Å². The average Bonchev–Trinajstić information content (AvgIpc) is 2.43. The molecule has 0 aromatic heterocycles. The molecule has 2 aliphatic rings. The van der Waals surface area contributed by atoms with Crippen LogP contribution in [0.3, 0.4) is 0 Å². The first-order valence-electron chi connectivity index (χ1n) is 5.71. The summed E-state index contributed by atoms with van der Waals surface area (Å²) in [6, 6.07) is 0.322. The Balaban J connectivity index is 1.89. The van der Waals surface area contributed by atoms with Crippen LogP contribution in [0.1, 0.15) is 38.5 Å². The third-order valence-corrected chi connectivity index (χ3v) is 3.68. The van der Waals surface area contributed by atoms with E-state index in [4.69, 9.17) is 10.5 Å². The first-order valence-corrected chi connectivity index (χ1v) is 5.71. The summed E-state index contributed by atoms with van der Waals surface area (Å²) < 4.78 is 5.44. The zero-order valence-corrected chi connectivity index (χ0v) is 8.37. The predicted molar refractivity (Wildman–Crippen MR) is 53.5 cm³/mol. The molecule has 2 heteroatoms. The van der Waals surface area contributed by atoms with Crippen molar-refractivity contribution in [2.45, 2.75) is 44.6 Å². The van der Waals surface area contributed by atoms with Crippen molar-refractivity contribution in [1.29, 1.82) is 0 Å². The van der Waals surface area contributed by atoms with Crippen LogP contribution in [-0.2, 0) is 4.74 Å². The van der Waals surface area contributed by atoms with Crippen LogP contribution in [0.5, 0.6) is 0 Å². The first-order chi connectivity index (χ1) is 6.38. The molecule has 2 nitrogen and oxygen atoms in total. The number of hydrogen-bond donors (Lipinski definition) is 1. The highest BCUT2D eigenvalue weighted by atomic mass is 16.5. The van der Waals surface area contributed by atoms with Crippen LogP contribution in [0.15, 0.2) is 0 Å². The largest absolute Gasteiger partial charge is 0.379 e. The number of ether oxygens (including phenoxy) is 1. The summed E-state index contributed by atoms with van der Waals surface area (Å²) >= 11 is 0. The standard InChI is InChI=1S/C11H21NO/c12-11-8-13-7-10(11)9-5-3-1-2-4-6-9/h9-11H,1-8,12H2. The van der Waals surface area contributed by atoms with Crippen molar-refractivity contribution in [2.75, 3.05) is 13.2 Å². The van der Waals surface area contributed by atoms with Crippen molar-refractivity contribution in [2.24, 2.45) is 17.6 Å². The fraction of sp³-hybridized carbons (Fsp3) is 1.00. The molecule has 1 aliphatic heterocycles. The molecule has 1 heterocycles. The quantitative estimate of drug-likeness (QED) is 0.630. The lowest BCUT2D eigenvalue weighted by atomic mass is 9.83. The normalized spacial score (nSPS) is 37.6. The molecule has 1 saturated carbocycles. The van der Waals surface area contributed by atoms with Gasteiger partial charge in [-0.1, -0.05) is 38.5 Å². The summed E-state index contributed by atoms with van der Waals surface area (Å²) in [5, 5.41) is 0. The Labute approximate surface area is 80.8 Å². The van der Waals surface area contributed by atoms with Gasteiger partial charge in [-0.25, -0.2) is 0 Å². The van der Waals surface area contributed by atoms with Gasteiger partial charge in [0.1, 0.15) is 0 Å². The SMILES string of the molecule is NC1COCC1C1CCCCCC1. The molecule has 76 valence electrons.